The maximum absolute atomic E-state index is 13.0. The Bertz CT molecular complexity index is 892. The number of amides is 1. The van der Waals surface area contributed by atoms with Crippen molar-refractivity contribution >= 4 is 17.2 Å². The van der Waals surface area contributed by atoms with Gasteiger partial charge in [0.25, 0.3) is 0 Å². The summed E-state index contributed by atoms with van der Waals surface area (Å²) in [6.07, 6.45) is 4.08. The van der Waals surface area contributed by atoms with Crippen molar-refractivity contribution in [3.05, 3.63) is 59.3 Å². The summed E-state index contributed by atoms with van der Waals surface area (Å²) in [6, 6.07) is 14.8. The van der Waals surface area contributed by atoms with Crippen LogP contribution in [0, 0.1) is 0 Å². The van der Waals surface area contributed by atoms with Gasteiger partial charge in [0.1, 0.15) is 0 Å². The Labute approximate surface area is 169 Å². The van der Waals surface area contributed by atoms with Gasteiger partial charge in [0.05, 0.1) is 4.88 Å². The second kappa shape index (κ2) is 8.69. The molecular weight excluding hydrogens is 370 g/mol. The molecule has 0 saturated carbocycles. The van der Waals surface area contributed by atoms with Crippen LogP contribution < -0.4 is 0 Å². The minimum Gasteiger partial charge on any atom is -0.339 e. The summed E-state index contributed by atoms with van der Waals surface area (Å²) in [5, 5.41) is 6.02. The molecule has 6 heteroatoms. The van der Waals surface area contributed by atoms with Gasteiger partial charge >= 0.3 is 0 Å². The lowest BCUT2D eigenvalue weighted by atomic mass is 9.87. The molecule has 1 saturated heterocycles. The third kappa shape index (κ3) is 4.02. The molecule has 1 aliphatic heterocycles. The summed E-state index contributed by atoms with van der Waals surface area (Å²) in [6.45, 7) is 3.06. The number of thiophene rings is 1. The Kier molecular flexibility index (Phi) is 5.86. The van der Waals surface area contributed by atoms with Crippen LogP contribution in [0.5, 0.6) is 0 Å². The van der Waals surface area contributed by atoms with Crippen LogP contribution in [0.4, 0.5) is 0 Å². The Morgan fingerprint density at radius 3 is 2.89 bits per heavy atom. The van der Waals surface area contributed by atoms with Gasteiger partial charge in [-0.1, -0.05) is 48.5 Å². The molecule has 1 amide bonds. The van der Waals surface area contributed by atoms with Crippen LogP contribution >= 0.6 is 11.3 Å². The van der Waals surface area contributed by atoms with E-state index < -0.39 is 0 Å². The van der Waals surface area contributed by atoms with Gasteiger partial charge in [-0.3, -0.25) is 4.79 Å². The molecule has 0 spiro atoms. The third-order valence-electron chi connectivity index (χ3n) is 5.51. The van der Waals surface area contributed by atoms with E-state index in [0.29, 0.717) is 30.5 Å². The Hall–Kier alpha value is -2.47. The van der Waals surface area contributed by atoms with Gasteiger partial charge in [0, 0.05) is 31.3 Å². The first kappa shape index (κ1) is 18.9. The van der Waals surface area contributed by atoms with Crippen LogP contribution in [-0.4, -0.2) is 33.5 Å². The highest BCUT2D eigenvalue weighted by atomic mass is 32.1. The van der Waals surface area contributed by atoms with Gasteiger partial charge in [-0.25, -0.2) is 0 Å². The van der Waals surface area contributed by atoms with Crippen LogP contribution in [0.1, 0.15) is 50.0 Å². The van der Waals surface area contributed by atoms with Gasteiger partial charge < -0.3 is 9.42 Å². The molecule has 146 valence electrons. The first-order valence-corrected chi connectivity index (χ1v) is 10.8. The highest BCUT2D eigenvalue weighted by Crippen LogP contribution is 2.34. The van der Waals surface area contributed by atoms with Crippen LogP contribution in [0.15, 0.2) is 52.4 Å². The summed E-state index contributed by atoms with van der Waals surface area (Å²) < 4.78 is 5.34. The fraction of sp³-hybridized carbons (Fsp3) is 0.409. The van der Waals surface area contributed by atoms with Crippen LogP contribution in [0.25, 0.3) is 10.7 Å². The van der Waals surface area contributed by atoms with E-state index in [9.17, 15) is 4.79 Å². The Balaban J connectivity index is 1.40. The lowest BCUT2D eigenvalue weighted by Gasteiger charge is -2.31. The van der Waals surface area contributed by atoms with Gasteiger partial charge in [-0.05, 0) is 36.3 Å². The van der Waals surface area contributed by atoms with E-state index in [1.165, 1.54) is 5.56 Å². The number of carbonyl (C=O) groups is 1. The molecule has 0 unspecified atom stereocenters. The van der Waals surface area contributed by atoms with Crippen molar-refractivity contribution in [1.29, 1.82) is 0 Å². The molecule has 4 rings (SSSR count). The predicted octanol–water partition coefficient (Wildman–Crippen LogP) is 4.92. The van der Waals surface area contributed by atoms with E-state index in [2.05, 4.69) is 46.2 Å². The molecule has 0 radical (unpaired) electrons. The second-order valence-corrected chi connectivity index (χ2v) is 8.16. The lowest BCUT2D eigenvalue weighted by molar-refractivity contribution is -0.132. The fourth-order valence-corrected chi connectivity index (χ4v) is 4.82. The molecule has 2 atom stereocenters. The van der Waals surface area contributed by atoms with Crippen molar-refractivity contribution < 1.29 is 9.32 Å². The zero-order valence-electron chi connectivity index (χ0n) is 16.1. The predicted molar refractivity (Wildman–Crippen MR) is 110 cm³/mol. The molecule has 2 aromatic heterocycles. The Morgan fingerprint density at radius 2 is 2.14 bits per heavy atom. The monoisotopic (exact) mass is 395 g/mol. The summed E-state index contributed by atoms with van der Waals surface area (Å²) in [4.78, 5) is 20.4. The van der Waals surface area contributed by atoms with E-state index >= 15 is 0 Å². The van der Waals surface area contributed by atoms with E-state index in [1.807, 2.05) is 23.6 Å². The van der Waals surface area contributed by atoms with Crippen molar-refractivity contribution in [3.8, 4) is 10.7 Å². The second-order valence-electron chi connectivity index (χ2n) is 7.21. The third-order valence-corrected chi connectivity index (χ3v) is 6.38. The van der Waals surface area contributed by atoms with Crippen LogP contribution in [0.3, 0.4) is 0 Å². The largest absolute Gasteiger partial charge is 0.339 e. The summed E-state index contributed by atoms with van der Waals surface area (Å²) in [5.74, 6) is 1.71. The Morgan fingerprint density at radius 1 is 1.29 bits per heavy atom. The molecule has 0 N–H and O–H groups in total. The summed E-state index contributed by atoms with van der Waals surface area (Å²) in [5.41, 5.74) is 1.33. The van der Waals surface area contributed by atoms with Gasteiger partial charge in [-0.2, -0.15) is 4.98 Å². The number of benzene rings is 1. The minimum absolute atomic E-state index is 0.188. The highest BCUT2D eigenvalue weighted by Gasteiger charge is 2.34. The number of carbonyl (C=O) groups excluding carboxylic acids is 1. The normalized spacial score (nSPS) is 17.8. The quantitative estimate of drug-likeness (QED) is 0.570. The zero-order valence-corrected chi connectivity index (χ0v) is 16.9. The first-order chi connectivity index (χ1) is 13.8. The van der Waals surface area contributed by atoms with Gasteiger partial charge in [0.2, 0.25) is 17.6 Å². The fourth-order valence-electron chi connectivity index (χ4n) is 4.17. The number of aromatic nitrogens is 2. The van der Waals surface area contributed by atoms with Crippen molar-refractivity contribution in [2.24, 2.45) is 0 Å². The number of rotatable bonds is 7. The van der Waals surface area contributed by atoms with Gasteiger partial charge in [0.15, 0.2) is 0 Å². The standard InChI is InChI=1S/C22H25N3O2S/c1-2-17(16-8-4-3-5-9-16)18-10-6-14-25(18)21(26)13-12-20-23-22(24-27-20)19-11-7-15-28-19/h3-5,7-9,11,15,17-18H,2,6,10,12-14H2,1H3/t17-,18-/m0/s1. The summed E-state index contributed by atoms with van der Waals surface area (Å²) in [7, 11) is 0. The highest BCUT2D eigenvalue weighted by molar-refractivity contribution is 7.13. The van der Waals surface area contributed by atoms with Crippen molar-refractivity contribution in [3.63, 3.8) is 0 Å². The number of nitrogens with zero attached hydrogens (tertiary/aromatic N) is 3. The lowest BCUT2D eigenvalue weighted by Crippen LogP contribution is -2.39. The topological polar surface area (TPSA) is 59.2 Å². The molecule has 0 bridgehead atoms. The molecule has 0 aliphatic carbocycles. The van der Waals surface area contributed by atoms with E-state index in [-0.39, 0.29) is 11.9 Å². The summed E-state index contributed by atoms with van der Waals surface area (Å²) >= 11 is 1.58. The average molecular weight is 396 g/mol. The number of likely N-dealkylation sites (tertiary alicyclic amines) is 1. The first-order valence-electron chi connectivity index (χ1n) is 9.97. The molecule has 1 aromatic carbocycles. The smallest absolute Gasteiger partial charge is 0.227 e. The molecule has 1 fully saturated rings. The van der Waals surface area contributed by atoms with Gasteiger partial charge in [-0.15, -0.1) is 11.3 Å². The van der Waals surface area contributed by atoms with Crippen molar-refractivity contribution in [1.82, 2.24) is 15.0 Å². The van der Waals surface area contributed by atoms with E-state index in [4.69, 9.17) is 4.52 Å². The van der Waals surface area contributed by atoms with Crippen LogP contribution in [-0.2, 0) is 11.2 Å². The van der Waals surface area contributed by atoms with E-state index in [0.717, 1.165) is 30.7 Å². The molecular formula is C22H25N3O2S. The maximum atomic E-state index is 13.0. The number of aryl methyl sites for hydroxylation is 1. The molecule has 1 aliphatic rings. The van der Waals surface area contributed by atoms with Crippen molar-refractivity contribution in [2.45, 2.75) is 51.0 Å². The van der Waals surface area contributed by atoms with Crippen LogP contribution in [0.2, 0.25) is 0 Å². The molecule has 5 nitrogen and oxygen atoms in total. The zero-order chi connectivity index (χ0) is 19.3. The minimum atomic E-state index is 0.188. The number of hydrogen-bond acceptors (Lipinski definition) is 5. The number of hydrogen-bond donors (Lipinski definition) is 0. The SMILES string of the molecule is CC[C@@H](c1ccccc1)[C@@H]1CCCN1C(=O)CCc1nc(-c2cccs2)no1. The molecule has 28 heavy (non-hydrogen) atoms. The maximum Gasteiger partial charge on any atom is 0.227 e. The molecule has 3 aromatic rings. The van der Waals surface area contributed by atoms with Crippen molar-refractivity contribution in [2.75, 3.05) is 6.54 Å². The molecule has 3 heterocycles. The van der Waals surface area contributed by atoms with E-state index in [1.54, 1.807) is 11.3 Å². The average Bonchev–Trinajstić information content (AvgIpc) is 3.48.